The van der Waals surface area contributed by atoms with E-state index in [2.05, 4.69) is 13.2 Å². The Labute approximate surface area is 29.9 Å². The maximum absolute atomic E-state index is 3.00. The fourth-order valence-corrected chi connectivity index (χ4v) is 0. The summed E-state index contributed by atoms with van der Waals surface area (Å²) in [5, 5.41) is 0. The van der Waals surface area contributed by atoms with Crippen LogP contribution in [0.15, 0.2) is 13.2 Å². The predicted molar refractivity (Wildman–Crippen MR) is 19.5 cm³/mol. The van der Waals surface area contributed by atoms with Crippen LogP contribution in [-0.4, -0.2) is 11.0 Å². The van der Waals surface area contributed by atoms with Gasteiger partial charge in [-0.1, -0.05) is 0 Å². The van der Waals surface area contributed by atoms with Gasteiger partial charge in [0.25, 0.3) is 0 Å². The number of rotatable bonds is 0. The van der Waals surface area contributed by atoms with Crippen LogP contribution in [0.1, 0.15) is 0 Å². The average Bonchev–Trinajstić information content (AvgIpc) is 1.00. The molecule has 4 heavy (non-hydrogen) atoms. The van der Waals surface area contributed by atoms with Gasteiger partial charge in [-0.3, -0.25) is 4.70 Å². The van der Waals surface area contributed by atoms with Gasteiger partial charge in [0.1, 0.15) is 0 Å². The Morgan fingerprint density at radius 3 is 1.00 bits per heavy atom. The molecule has 0 fully saturated rings. The minimum Gasteiger partial charge on any atom is -0.269 e. The molecule has 0 rings (SSSR count). The van der Waals surface area contributed by atoms with E-state index in [-0.39, 0.29) is 15.7 Å². The van der Waals surface area contributed by atoms with E-state index in [1.165, 1.54) is 0 Å². The Bertz CT molecular complexity index is 6.00. The molecule has 0 aliphatic heterocycles. The summed E-state index contributed by atoms with van der Waals surface area (Å²) in [6.45, 7) is 6.00. The van der Waals surface area contributed by atoms with Crippen molar-refractivity contribution < 1.29 is 4.70 Å². The third-order valence-corrected chi connectivity index (χ3v) is 0. The highest BCUT2D eigenvalue weighted by Crippen LogP contribution is 0.862. The predicted octanol–water partition coefficient (Wildman–Crippen LogP) is 0.574. The van der Waals surface area contributed by atoms with E-state index in [9.17, 15) is 0 Å². The van der Waals surface area contributed by atoms with E-state index < -0.39 is 0 Å². The molecular weight excluding hydrogens is 71.1 g/mol. The molecule has 0 aliphatic rings. The smallest absolute Gasteiger partial charge is 0 e. The molecule has 0 N–H and O–H groups in total. The monoisotopic (exact) mass is 76.0 g/mol. The molecule has 0 unspecified atom stereocenters. The summed E-state index contributed by atoms with van der Waals surface area (Å²) in [6.07, 6.45) is 0. The third-order valence-electron chi connectivity index (χ3n) is 0. The van der Waals surface area contributed by atoms with Gasteiger partial charge in [0, 0.05) is 11.0 Å². The van der Waals surface area contributed by atoms with Gasteiger partial charge in [-0.2, -0.15) is 0 Å². The van der Waals surface area contributed by atoms with E-state index in [1.54, 1.807) is 0 Å². The SMILES string of the molecule is C=C.F.[Si]. The normalized spacial score (nSPS) is 1.00. The van der Waals surface area contributed by atoms with Gasteiger partial charge < -0.3 is 0 Å². The van der Waals surface area contributed by atoms with Crippen LogP contribution in [0.5, 0.6) is 0 Å². The van der Waals surface area contributed by atoms with E-state index in [0.29, 0.717) is 0 Å². The molecule has 0 saturated carbocycles. The molecule has 0 bridgehead atoms. The lowest BCUT2D eigenvalue weighted by atomic mass is 11.3. The first-order valence-electron chi connectivity index (χ1n) is 0.500. The molecular formula is C2H5FSi. The maximum atomic E-state index is 3.00. The molecule has 0 atom stereocenters. The van der Waals surface area contributed by atoms with Gasteiger partial charge in [-0.25, -0.2) is 0 Å². The molecule has 0 saturated heterocycles. The molecule has 4 radical (unpaired) electrons. The van der Waals surface area contributed by atoms with Gasteiger partial charge in [-0.15, -0.1) is 13.2 Å². The second-order valence-corrected chi connectivity index (χ2v) is 0. The average molecular weight is 76.1 g/mol. The zero-order valence-electron chi connectivity index (χ0n) is 2.32. The zero-order valence-corrected chi connectivity index (χ0v) is 3.32. The summed E-state index contributed by atoms with van der Waals surface area (Å²) in [4.78, 5) is 0. The van der Waals surface area contributed by atoms with Gasteiger partial charge in [0.2, 0.25) is 0 Å². The molecule has 0 aromatic rings. The summed E-state index contributed by atoms with van der Waals surface area (Å²) >= 11 is 0. The second-order valence-electron chi connectivity index (χ2n) is 0. The van der Waals surface area contributed by atoms with Crippen molar-refractivity contribution >= 4 is 11.0 Å². The van der Waals surface area contributed by atoms with Crippen LogP contribution in [0.2, 0.25) is 0 Å². The first kappa shape index (κ1) is 41.2. The molecule has 24 valence electrons. The van der Waals surface area contributed by atoms with E-state index >= 15 is 0 Å². The summed E-state index contributed by atoms with van der Waals surface area (Å²) < 4.78 is 0. The first-order valence-corrected chi connectivity index (χ1v) is 0.500. The van der Waals surface area contributed by atoms with Crippen molar-refractivity contribution in [2.75, 3.05) is 0 Å². The second kappa shape index (κ2) is 803. The Morgan fingerprint density at radius 1 is 1.00 bits per heavy atom. The number of halogens is 1. The van der Waals surface area contributed by atoms with Crippen LogP contribution in [0, 0.1) is 0 Å². The van der Waals surface area contributed by atoms with Crippen molar-refractivity contribution in [3.8, 4) is 0 Å². The van der Waals surface area contributed by atoms with Crippen molar-refractivity contribution in [2.45, 2.75) is 0 Å². The standard InChI is InChI=1S/C2H4.FH.Si/c1-2;;/h1-2H2;1H;. The van der Waals surface area contributed by atoms with Crippen molar-refractivity contribution in [3.63, 3.8) is 0 Å². The molecule has 0 aromatic heterocycles. The van der Waals surface area contributed by atoms with Crippen LogP contribution in [0.4, 0.5) is 4.70 Å². The Kier molecular flexibility index (Phi) is 8270. The highest BCUT2D eigenvalue weighted by atomic mass is 28.1. The van der Waals surface area contributed by atoms with Crippen molar-refractivity contribution in [2.24, 2.45) is 0 Å². The van der Waals surface area contributed by atoms with Crippen LogP contribution in [-0.2, 0) is 0 Å². The molecule has 2 heteroatoms. The summed E-state index contributed by atoms with van der Waals surface area (Å²) in [5.41, 5.74) is 0. The van der Waals surface area contributed by atoms with Crippen molar-refractivity contribution in [1.29, 1.82) is 0 Å². The lowest BCUT2D eigenvalue weighted by Crippen LogP contribution is -0.552. The van der Waals surface area contributed by atoms with Crippen LogP contribution in [0.25, 0.3) is 0 Å². The summed E-state index contributed by atoms with van der Waals surface area (Å²) in [6, 6.07) is 0. The molecule has 0 amide bonds. The topological polar surface area (TPSA) is 0 Å². The van der Waals surface area contributed by atoms with Gasteiger partial charge >= 0.3 is 0 Å². The van der Waals surface area contributed by atoms with Crippen molar-refractivity contribution in [1.82, 2.24) is 0 Å². The fourth-order valence-electron chi connectivity index (χ4n) is 0. The van der Waals surface area contributed by atoms with Crippen LogP contribution in [0.3, 0.4) is 0 Å². The van der Waals surface area contributed by atoms with E-state index in [0.717, 1.165) is 0 Å². The quantitative estimate of drug-likeness (QED) is 0.292. The Balaban J connectivity index is -0.00000000500. The van der Waals surface area contributed by atoms with Crippen molar-refractivity contribution in [3.05, 3.63) is 13.2 Å². The van der Waals surface area contributed by atoms with E-state index in [4.69, 9.17) is 0 Å². The molecule has 0 aromatic carbocycles. The highest BCUT2D eigenvalue weighted by molar-refractivity contribution is 5.75. The maximum Gasteiger partial charge on any atom is 0 e. The lowest BCUT2D eigenvalue weighted by Gasteiger charge is -0.813. The Hall–Kier alpha value is -0.113. The molecule has 0 spiro atoms. The minimum absolute atomic E-state index is 0. The molecule has 0 heterocycles. The Morgan fingerprint density at radius 2 is 1.00 bits per heavy atom. The summed E-state index contributed by atoms with van der Waals surface area (Å²) in [5.74, 6) is 0. The van der Waals surface area contributed by atoms with Gasteiger partial charge in [0.15, 0.2) is 0 Å². The summed E-state index contributed by atoms with van der Waals surface area (Å²) in [7, 11) is 0. The van der Waals surface area contributed by atoms with Gasteiger partial charge in [0.05, 0.1) is 0 Å². The van der Waals surface area contributed by atoms with Crippen LogP contribution >= 0.6 is 0 Å². The van der Waals surface area contributed by atoms with Crippen LogP contribution < -0.4 is 0 Å². The van der Waals surface area contributed by atoms with Gasteiger partial charge in [-0.05, 0) is 0 Å². The molecule has 0 aliphatic carbocycles. The van der Waals surface area contributed by atoms with E-state index in [1.807, 2.05) is 0 Å². The lowest BCUT2D eigenvalue weighted by molar-refractivity contribution is 1.11. The number of hydrogen-bond donors (Lipinski definition) is 0. The molecule has 0 nitrogen and oxygen atoms in total. The highest BCUT2D eigenvalue weighted by Gasteiger charge is 0.601. The third kappa shape index (κ3) is 116. The zero-order chi connectivity index (χ0) is 2.00. The minimum atomic E-state index is 0. The fraction of sp³-hybridized carbons (Fsp3) is 0. The number of hydrogen-bond acceptors (Lipinski definition) is 0. The largest absolute Gasteiger partial charge is 0.269 e. The first-order chi connectivity index (χ1) is 1.00.